The molecule has 1 aliphatic rings. The number of hydrogen-bond acceptors (Lipinski definition) is 6. The number of amides is 2. The van der Waals surface area contributed by atoms with Crippen LogP contribution in [0.15, 0.2) is 48.5 Å². The summed E-state index contributed by atoms with van der Waals surface area (Å²) in [5, 5.41) is 16.5. The summed E-state index contributed by atoms with van der Waals surface area (Å²) in [6.07, 6.45) is 0. The van der Waals surface area contributed by atoms with Gasteiger partial charge in [0.1, 0.15) is 5.69 Å². The van der Waals surface area contributed by atoms with Gasteiger partial charge in [0.2, 0.25) is 0 Å². The minimum atomic E-state index is -0.933. The van der Waals surface area contributed by atoms with E-state index in [2.05, 4.69) is 20.4 Å². The molecule has 0 atom stereocenters. The third kappa shape index (κ3) is 5.68. The number of carbonyl (C=O) groups excluding carboxylic acids is 2. The van der Waals surface area contributed by atoms with E-state index in [1.54, 1.807) is 6.07 Å². The number of nitro benzene ring substituents is 1. The van der Waals surface area contributed by atoms with Crippen LogP contribution in [-0.2, 0) is 9.59 Å². The van der Waals surface area contributed by atoms with Gasteiger partial charge in [-0.05, 0) is 30.3 Å². The maximum Gasteiger partial charge on any atom is 0.313 e. The number of hydrogen-bond donors (Lipinski definition) is 2. The summed E-state index contributed by atoms with van der Waals surface area (Å²) in [5.41, 5.74) is 0.845. The summed E-state index contributed by atoms with van der Waals surface area (Å²) in [7, 11) is 0. The maximum atomic E-state index is 12.0. The lowest BCUT2D eigenvalue weighted by molar-refractivity contribution is -0.383. The molecular formula is C20H22ClN5O4. The quantitative estimate of drug-likeness (QED) is 0.412. The first-order chi connectivity index (χ1) is 14.4. The summed E-state index contributed by atoms with van der Waals surface area (Å²) < 4.78 is 0. The van der Waals surface area contributed by atoms with Gasteiger partial charge >= 0.3 is 11.8 Å². The summed E-state index contributed by atoms with van der Waals surface area (Å²) in [5.74, 6) is -1.76. The highest BCUT2D eigenvalue weighted by atomic mass is 35.5. The molecule has 0 unspecified atom stereocenters. The number of nitrogens with zero attached hydrogens (tertiary/aromatic N) is 3. The van der Waals surface area contributed by atoms with Crippen LogP contribution in [0.3, 0.4) is 0 Å². The minimum Gasteiger partial charge on any atom is -0.369 e. The van der Waals surface area contributed by atoms with E-state index in [1.165, 1.54) is 18.2 Å². The Morgan fingerprint density at radius 3 is 2.33 bits per heavy atom. The standard InChI is InChI=1S/C20H22ClN5O4/c21-15-5-7-16(8-6-15)25-13-11-24(12-14-25)10-9-22-19(27)20(28)23-17-3-1-2-4-18(17)26(29)30/h1-8H,9-14H2,(H,22,27)(H,23,28). The van der Waals surface area contributed by atoms with Gasteiger partial charge in [-0.3, -0.25) is 24.6 Å². The Hall–Kier alpha value is -3.17. The first-order valence-corrected chi connectivity index (χ1v) is 9.87. The number of carbonyl (C=O) groups is 2. The Morgan fingerprint density at radius 2 is 1.67 bits per heavy atom. The average Bonchev–Trinajstić information content (AvgIpc) is 2.75. The van der Waals surface area contributed by atoms with Crippen LogP contribution >= 0.6 is 11.6 Å². The van der Waals surface area contributed by atoms with Crippen molar-refractivity contribution in [1.29, 1.82) is 0 Å². The molecule has 2 amide bonds. The second kappa shape index (κ2) is 10.0. The zero-order chi connectivity index (χ0) is 21.5. The Morgan fingerprint density at radius 1 is 1.00 bits per heavy atom. The van der Waals surface area contributed by atoms with Crippen molar-refractivity contribution in [2.24, 2.45) is 0 Å². The van der Waals surface area contributed by atoms with E-state index in [-0.39, 0.29) is 11.4 Å². The predicted molar refractivity (Wildman–Crippen MR) is 115 cm³/mol. The molecule has 0 aliphatic carbocycles. The molecular weight excluding hydrogens is 410 g/mol. The molecule has 1 heterocycles. The molecule has 1 saturated heterocycles. The molecule has 0 saturated carbocycles. The molecule has 158 valence electrons. The third-order valence-electron chi connectivity index (χ3n) is 4.83. The number of anilines is 2. The van der Waals surface area contributed by atoms with Crippen molar-refractivity contribution in [2.75, 3.05) is 49.5 Å². The maximum absolute atomic E-state index is 12.0. The van der Waals surface area contributed by atoms with Crippen LogP contribution < -0.4 is 15.5 Å². The second-order valence-electron chi connectivity index (χ2n) is 6.79. The van der Waals surface area contributed by atoms with Gasteiger partial charge in [0, 0.05) is 56.0 Å². The normalized spacial score (nSPS) is 14.2. The SMILES string of the molecule is O=C(NCCN1CCN(c2ccc(Cl)cc2)CC1)C(=O)Nc1ccccc1[N+](=O)[O-]. The number of halogens is 1. The van der Waals surface area contributed by atoms with E-state index in [0.717, 1.165) is 31.9 Å². The summed E-state index contributed by atoms with van der Waals surface area (Å²) in [4.78, 5) is 38.9. The number of rotatable bonds is 6. The Balaban J connectivity index is 1.40. The van der Waals surface area contributed by atoms with Crippen molar-refractivity contribution in [3.63, 3.8) is 0 Å². The monoisotopic (exact) mass is 431 g/mol. The molecule has 2 aromatic rings. The average molecular weight is 432 g/mol. The Kier molecular flexibility index (Phi) is 7.21. The fourth-order valence-corrected chi connectivity index (χ4v) is 3.33. The van der Waals surface area contributed by atoms with Gasteiger partial charge in [-0.1, -0.05) is 23.7 Å². The van der Waals surface area contributed by atoms with Crippen molar-refractivity contribution < 1.29 is 14.5 Å². The van der Waals surface area contributed by atoms with Gasteiger partial charge in [0.25, 0.3) is 5.69 Å². The lowest BCUT2D eigenvalue weighted by Crippen LogP contribution is -2.49. The van der Waals surface area contributed by atoms with Gasteiger partial charge < -0.3 is 15.5 Å². The van der Waals surface area contributed by atoms with Gasteiger partial charge in [-0.25, -0.2) is 0 Å². The van der Waals surface area contributed by atoms with E-state index in [4.69, 9.17) is 11.6 Å². The number of piperazine rings is 1. The molecule has 1 aliphatic heterocycles. The van der Waals surface area contributed by atoms with Crippen molar-refractivity contribution >= 4 is 40.5 Å². The van der Waals surface area contributed by atoms with Crippen LogP contribution in [0.1, 0.15) is 0 Å². The fourth-order valence-electron chi connectivity index (χ4n) is 3.21. The van der Waals surface area contributed by atoms with E-state index < -0.39 is 16.7 Å². The molecule has 0 spiro atoms. The summed E-state index contributed by atoms with van der Waals surface area (Å²) in [6, 6.07) is 13.4. The van der Waals surface area contributed by atoms with Crippen LogP contribution in [-0.4, -0.2) is 60.9 Å². The number of benzene rings is 2. The van der Waals surface area contributed by atoms with E-state index in [1.807, 2.05) is 24.3 Å². The molecule has 0 aromatic heterocycles. The van der Waals surface area contributed by atoms with E-state index in [0.29, 0.717) is 18.1 Å². The van der Waals surface area contributed by atoms with Crippen molar-refractivity contribution in [3.05, 3.63) is 63.7 Å². The van der Waals surface area contributed by atoms with Crippen molar-refractivity contribution in [1.82, 2.24) is 10.2 Å². The van der Waals surface area contributed by atoms with Crippen LogP contribution in [0, 0.1) is 10.1 Å². The van der Waals surface area contributed by atoms with Crippen molar-refractivity contribution in [2.45, 2.75) is 0 Å². The van der Waals surface area contributed by atoms with Gasteiger partial charge in [-0.2, -0.15) is 0 Å². The molecule has 2 aromatic carbocycles. The zero-order valence-electron chi connectivity index (χ0n) is 16.2. The lowest BCUT2D eigenvalue weighted by atomic mass is 10.2. The molecule has 3 rings (SSSR count). The Bertz CT molecular complexity index is 914. The highest BCUT2D eigenvalue weighted by Gasteiger charge is 2.20. The molecule has 30 heavy (non-hydrogen) atoms. The zero-order valence-corrected chi connectivity index (χ0v) is 17.0. The minimum absolute atomic E-state index is 0.0130. The highest BCUT2D eigenvalue weighted by Crippen LogP contribution is 2.23. The highest BCUT2D eigenvalue weighted by molar-refractivity contribution is 6.39. The number of nitrogens with one attached hydrogen (secondary N) is 2. The third-order valence-corrected chi connectivity index (χ3v) is 5.08. The second-order valence-corrected chi connectivity index (χ2v) is 7.23. The van der Waals surface area contributed by atoms with Crippen LogP contribution in [0.2, 0.25) is 5.02 Å². The summed E-state index contributed by atoms with van der Waals surface area (Å²) in [6.45, 7) is 4.30. The molecule has 10 heteroatoms. The summed E-state index contributed by atoms with van der Waals surface area (Å²) >= 11 is 5.93. The van der Waals surface area contributed by atoms with E-state index in [9.17, 15) is 19.7 Å². The topological polar surface area (TPSA) is 108 Å². The first-order valence-electron chi connectivity index (χ1n) is 9.49. The van der Waals surface area contributed by atoms with Gasteiger partial charge in [-0.15, -0.1) is 0 Å². The smallest absolute Gasteiger partial charge is 0.313 e. The van der Waals surface area contributed by atoms with Gasteiger partial charge in [0.15, 0.2) is 0 Å². The predicted octanol–water partition coefficient (Wildman–Crippen LogP) is 2.13. The molecule has 0 bridgehead atoms. The van der Waals surface area contributed by atoms with Crippen LogP contribution in [0.25, 0.3) is 0 Å². The first kappa shape index (κ1) is 21.5. The van der Waals surface area contributed by atoms with Crippen LogP contribution in [0.5, 0.6) is 0 Å². The van der Waals surface area contributed by atoms with E-state index >= 15 is 0 Å². The fraction of sp³-hybridized carbons (Fsp3) is 0.300. The molecule has 0 radical (unpaired) electrons. The van der Waals surface area contributed by atoms with Crippen molar-refractivity contribution in [3.8, 4) is 0 Å². The molecule has 9 nitrogen and oxygen atoms in total. The largest absolute Gasteiger partial charge is 0.369 e. The van der Waals surface area contributed by atoms with Gasteiger partial charge in [0.05, 0.1) is 4.92 Å². The molecule has 1 fully saturated rings. The number of nitro groups is 1. The number of para-hydroxylation sites is 2. The molecule has 2 N–H and O–H groups in total. The lowest BCUT2D eigenvalue weighted by Gasteiger charge is -2.36. The van der Waals surface area contributed by atoms with Crippen LogP contribution in [0.4, 0.5) is 17.1 Å². The Labute approximate surface area is 178 Å².